The van der Waals surface area contributed by atoms with Crippen molar-refractivity contribution in [1.82, 2.24) is 10.3 Å². The van der Waals surface area contributed by atoms with E-state index in [1.807, 2.05) is 0 Å². The van der Waals surface area contributed by atoms with Crippen LogP contribution in [-0.4, -0.2) is 29.1 Å². The molecule has 5 heteroatoms. The van der Waals surface area contributed by atoms with Gasteiger partial charge in [-0.1, -0.05) is 12.8 Å². The highest BCUT2D eigenvalue weighted by Crippen LogP contribution is 2.36. The van der Waals surface area contributed by atoms with Gasteiger partial charge < -0.3 is 10.4 Å². The molecule has 2 rings (SSSR count). The summed E-state index contributed by atoms with van der Waals surface area (Å²) in [6.07, 6.45) is 6.40. The number of carbonyl (C=O) groups is 1. The van der Waals surface area contributed by atoms with E-state index in [1.54, 1.807) is 0 Å². The number of hydrogen-bond acceptors (Lipinski definition) is 3. The zero-order chi connectivity index (χ0) is 13.0. The van der Waals surface area contributed by atoms with Gasteiger partial charge in [-0.3, -0.25) is 9.78 Å². The number of carbonyl (C=O) groups excluding carboxylic acids is 1. The second-order valence-corrected chi connectivity index (χ2v) is 4.94. The third-order valence-electron chi connectivity index (χ3n) is 3.59. The highest BCUT2D eigenvalue weighted by Gasteiger charge is 2.33. The molecule has 98 valence electrons. The fraction of sp³-hybridized carbons (Fsp3) is 0.538. The van der Waals surface area contributed by atoms with E-state index in [0.29, 0.717) is 6.54 Å². The van der Waals surface area contributed by atoms with Crippen molar-refractivity contribution in [2.75, 3.05) is 13.2 Å². The number of amides is 1. The molecule has 0 aromatic carbocycles. The largest absolute Gasteiger partial charge is 0.396 e. The smallest absolute Gasteiger partial charge is 0.252 e. The standard InChI is InChI=1S/C13H17FN2O2/c14-11-5-10(6-15-7-11)12(18)16-8-13(9-17)3-1-2-4-13/h5-7,17H,1-4,8-9H2,(H,16,18). The number of pyridine rings is 1. The van der Waals surface area contributed by atoms with Crippen molar-refractivity contribution < 1.29 is 14.3 Å². The van der Waals surface area contributed by atoms with Gasteiger partial charge in [0.1, 0.15) is 5.82 Å². The Balaban J connectivity index is 1.96. The van der Waals surface area contributed by atoms with Crippen molar-refractivity contribution in [2.24, 2.45) is 5.41 Å². The van der Waals surface area contributed by atoms with E-state index >= 15 is 0 Å². The summed E-state index contributed by atoms with van der Waals surface area (Å²) in [5.74, 6) is -0.873. The molecule has 0 saturated heterocycles. The van der Waals surface area contributed by atoms with E-state index in [9.17, 15) is 14.3 Å². The Morgan fingerprint density at radius 2 is 2.17 bits per heavy atom. The first-order valence-corrected chi connectivity index (χ1v) is 6.15. The van der Waals surface area contributed by atoms with Crippen molar-refractivity contribution in [2.45, 2.75) is 25.7 Å². The van der Waals surface area contributed by atoms with Gasteiger partial charge in [0.15, 0.2) is 0 Å². The summed E-state index contributed by atoms with van der Waals surface area (Å²) in [6, 6.07) is 1.16. The van der Waals surface area contributed by atoms with E-state index in [1.165, 1.54) is 6.20 Å². The zero-order valence-corrected chi connectivity index (χ0v) is 10.2. The van der Waals surface area contributed by atoms with Crippen molar-refractivity contribution in [3.8, 4) is 0 Å². The summed E-state index contributed by atoms with van der Waals surface area (Å²) < 4.78 is 12.9. The maximum Gasteiger partial charge on any atom is 0.252 e. The SMILES string of the molecule is O=C(NCC1(CO)CCCC1)c1cncc(F)c1. The molecule has 1 fully saturated rings. The number of rotatable bonds is 4. The van der Waals surface area contributed by atoms with Gasteiger partial charge in [0.2, 0.25) is 0 Å². The average molecular weight is 252 g/mol. The third-order valence-corrected chi connectivity index (χ3v) is 3.59. The molecule has 1 saturated carbocycles. The number of halogens is 1. The van der Waals surface area contributed by atoms with Crippen LogP contribution in [0.1, 0.15) is 36.0 Å². The second kappa shape index (κ2) is 5.44. The highest BCUT2D eigenvalue weighted by molar-refractivity contribution is 5.93. The molecular weight excluding hydrogens is 235 g/mol. The van der Waals surface area contributed by atoms with Gasteiger partial charge >= 0.3 is 0 Å². The molecule has 1 aromatic heterocycles. The minimum absolute atomic E-state index is 0.0781. The Kier molecular flexibility index (Phi) is 3.91. The first-order valence-electron chi connectivity index (χ1n) is 6.15. The van der Waals surface area contributed by atoms with Gasteiger partial charge in [-0.15, -0.1) is 0 Å². The predicted molar refractivity (Wildman–Crippen MR) is 64.5 cm³/mol. The lowest BCUT2D eigenvalue weighted by Crippen LogP contribution is -2.38. The van der Waals surface area contributed by atoms with Crippen molar-refractivity contribution in [1.29, 1.82) is 0 Å². The normalized spacial score (nSPS) is 17.7. The summed E-state index contributed by atoms with van der Waals surface area (Å²) in [6.45, 7) is 0.507. The number of aliphatic hydroxyl groups excluding tert-OH is 1. The van der Waals surface area contributed by atoms with Crippen LogP contribution in [0, 0.1) is 11.2 Å². The molecule has 0 atom stereocenters. The summed E-state index contributed by atoms with van der Waals surface area (Å²) in [7, 11) is 0. The Bertz CT molecular complexity index is 431. The molecule has 1 amide bonds. The van der Waals surface area contributed by atoms with Crippen LogP contribution in [0.2, 0.25) is 0 Å². The van der Waals surface area contributed by atoms with E-state index in [0.717, 1.165) is 37.9 Å². The predicted octanol–water partition coefficient (Wildman–Crippen LogP) is 1.50. The molecule has 1 heterocycles. The fourth-order valence-corrected chi connectivity index (χ4v) is 2.42. The summed E-state index contributed by atoms with van der Waals surface area (Å²) in [5.41, 5.74) is 0.0113. The van der Waals surface area contributed by atoms with E-state index in [4.69, 9.17) is 0 Å². The van der Waals surface area contributed by atoms with E-state index in [2.05, 4.69) is 10.3 Å². The van der Waals surface area contributed by atoms with Gasteiger partial charge in [0.25, 0.3) is 5.91 Å². The molecule has 0 bridgehead atoms. The van der Waals surface area contributed by atoms with E-state index < -0.39 is 5.82 Å². The zero-order valence-electron chi connectivity index (χ0n) is 10.2. The molecular formula is C13H17FN2O2. The first kappa shape index (κ1) is 13.0. The molecule has 1 aromatic rings. The van der Waals surface area contributed by atoms with Crippen LogP contribution in [0.15, 0.2) is 18.5 Å². The lowest BCUT2D eigenvalue weighted by molar-refractivity contribution is 0.0880. The molecule has 1 aliphatic carbocycles. The lowest BCUT2D eigenvalue weighted by atomic mass is 9.87. The highest BCUT2D eigenvalue weighted by atomic mass is 19.1. The fourth-order valence-electron chi connectivity index (χ4n) is 2.42. The number of nitrogens with one attached hydrogen (secondary N) is 1. The number of hydrogen-bond donors (Lipinski definition) is 2. The molecule has 1 aliphatic rings. The topological polar surface area (TPSA) is 62.2 Å². The van der Waals surface area contributed by atoms with Crippen LogP contribution in [0.25, 0.3) is 0 Å². The van der Waals surface area contributed by atoms with Gasteiger partial charge in [-0.2, -0.15) is 0 Å². The van der Waals surface area contributed by atoms with Crippen LogP contribution in [0.3, 0.4) is 0 Å². The molecule has 0 spiro atoms. The number of aromatic nitrogens is 1. The molecule has 4 nitrogen and oxygen atoms in total. The Morgan fingerprint density at radius 1 is 1.44 bits per heavy atom. The molecule has 0 radical (unpaired) electrons. The van der Waals surface area contributed by atoms with Crippen LogP contribution >= 0.6 is 0 Å². The minimum atomic E-state index is -0.527. The van der Waals surface area contributed by atoms with Crippen LogP contribution < -0.4 is 5.32 Å². The van der Waals surface area contributed by atoms with Crippen molar-refractivity contribution in [3.63, 3.8) is 0 Å². The van der Waals surface area contributed by atoms with Crippen LogP contribution in [-0.2, 0) is 0 Å². The summed E-state index contributed by atoms with van der Waals surface area (Å²) >= 11 is 0. The molecule has 0 unspecified atom stereocenters. The van der Waals surface area contributed by atoms with Crippen molar-refractivity contribution in [3.05, 3.63) is 29.8 Å². The van der Waals surface area contributed by atoms with Crippen LogP contribution in [0.4, 0.5) is 4.39 Å². The Labute approximate surface area is 105 Å². The Hall–Kier alpha value is -1.49. The quantitative estimate of drug-likeness (QED) is 0.853. The summed E-state index contributed by atoms with van der Waals surface area (Å²) in [4.78, 5) is 15.4. The van der Waals surface area contributed by atoms with Gasteiger partial charge in [-0.05, 0) is 18.9 Å². The number of aliphatic hydroxyl groups is 1. The molecule has 18 heavy (non-hydrogen) atoms. The van der Waals surface area contributed by atoms with Crippen molar-refractivity contribution >= 4 is 5.91 Å². The van der Waals surface area contributed by atoms with Gasteiger partial charge in [0, 0.05) is 18.2 Å². The number of nitrogens with zero attached hydrogens (tertiary/aromatic N) is 1. The lowest BCUT2D eigenvalue weighted by Gasteiger charge is -2.26. The molecule has 2 N–H and O–H groups in total. The maximum atomic E-state index is 12.9. The Morgan fingerprint density at radius 3 is 2.78 bits per heavy atom. The monoisotopic (exact) mass is 252 g/mol. The first-order chi connectivity index (χ1) is 8.65. The van der Waals surface area contributed by atoms with Gasteiger partial charge in [-0.25, -0.2) is 4.39 Å². The second-order valence-electron chi connectivity index (χ2n) is 4.94. The minimum Gasteiger partial charge on any atom is -0.396 e. The summed E-state index contributed by atoms with van der Waals surface area (Å²) in [5, 5.41) is 12.2. The van der Waals surface area contributed by atoms with Gasteiger partial charge in [0.05, 0.1) is 18.4 Å². The van der Waals surface area contributed by atoms with Crippen LogP contribution in [0.5, 0.6) is 0 Å². The maximum absolute atomic E-state index is 12.9. The molecule has 0 aliphatic heterocycles. The third kappa shape index (κ3) is 2.85. The average Bonchev–Trinajstić information content (AvgIpc) is 2.85. The van der Waals surface area contributed by atoms with E-state index in [-0.39, 0.29) is 23.5 Å².